The normalized spacial score (nSPS) is 10.9. The molecule has 0 amide bonds. The van der Waals surface area contributed by atoms with Crippen molar-refractivity contribution in [2.24, 2.45) is 0 Å². The summed E-state index contributed by atoms with van der Waals surface area (Å²) in [6, 6.07) is 6.17. The molecule has 1 rings (SSSR count). The third kappa shape index (κ3) is 4.78. The third-order valence-corrected chi connectivity index (χ3v) is 3.21. The maximum atomic E-state index is 5.84. The van der Waals surface area contributed by atoms with E-state index in [1.54, 1.807) is 17.8 Å². The summed E-state index contributed by atoms with van der Waals surface area (Å²) in [4.78, 5) is 1.10. The predicted octanol–water partition coefficient (Wildman–Crippen LogP) is 3.01. The van der Waals surface area contributed by atoms with Crippen LogP contribution in [0.1, 0.15) is 13.8 Å². The number of benzene rings is 1. The van der Waals surface area contributed by atoms with Crippen LogP contribution in [0.5, 0.6) is 0 Å². The van der Waals surface area contributed by atoms with E-state index in [1.807, 2.05) is 12.1 Å². The van der Waals surface area contributed by atoms with Crippen LogP contribution in [0.15, 0.2) is 23.1 Å². The minimum atomic E-state index is 0.535. The molecule has 0 radical (unpaired) electrons. The van der Waals surface area contributed by atoms with E-state index in [9.17, 15) is 0 Å². The van der Waals surface area contributed by atoms with E-state index in [-0.39, 0.29) is 0 Å². The summed E-state index contributed by atoms with van der Waals surface area (Å²) in [5, 5.41) is 4.05. The highest BCUT2D eigenvalue weighted by atomic mass is 35.5. The third-order valence-electron chi connectivity index (χ3n) is 1.88. The Kier molecular flexibility index (Phi) is 5.29. The summed E-state index contributed by atoms with van der Waals surface area (Å²) in [6.07, 6.45) is 0. The average molecular weight is 245 g/mol. The number of anilines is 1. The zero-order valence-corrected chi connectivity index (χ0v) is 10.7. The molecule has 0 unspecified atom stereocenters. The summed E-state index contributed by atoms with van der Waals surface area (Å²) < 4.78 is 0. The van der Waals surface area contributed by atoms with Crippen LogP contribution in [-0.2, 0) is 0 Å². The lowest BCUT2D eigenvalue weighted by Gasteiger charge is -2.08. The van der Waals surface area contributed by atoms with Gasteiger partial charge in [-0.25, -0.2) is 0 Å². The molecular formula is C11H17ClN2S. The SMILES string of the molecule is CC(C)NCCSc1ccc(Cl)cc1N. The Bertz CT molecular complexity index is 315. The molecule has 0 atom stereocenters. The van der Waals surface area contributed by atoms with Crippen LogP contribution in [0.3, 0.4) is 0 Å². The summed E-state index contributed by atoms with van der Waals surface area (Å²) in [6.45, 7) is 5.27. The predicted molar refractivity (Wildman–Crippen MR) is 69.7 cm³/mol. The maximum absolute atomic E-state index is 5.84. The Morgan fingerprint density at radius 3 is 2.80 bits per heavy atom. The van der Waals surface area contributed by atoms with Crippen LogP contribution in [0.2, 0.25) is 5.02 Å². The molecule has 84 valence electrons. The van der Waals surface area contributed by atoms with Crippen molar-refractivity contribution in [3.8, 4) is 0 Å². The van der Waals surface area contributed by atoms with Gasteiger partial charge in [0.25, 0.3) is 0 Å². The number of nitrogens with two attached hydrogens (primary N) is 1. The van der Waals surface area contributed by atoms with Gasteiger partial charge in [0.2, 0.25) is 0 Å². The number of halogens is 1. The minimum Gasteiger partial charge on any atom is -0.398 e. The fourth-order valence-corrected chi connectivity index (χ4v) is 2.17. The Hall–Kier alpha value is -0.380. The molecule has 0 saturated heterocycles. The zero-order valence-electron chi connectivity index (χ0n) is 9.09. The van der Waals surface area contributed by atoms with E-state index in [0.717, 1.165) is 22.9 Å². The van der Waals surface area contributed by atoms with Gasteiger partial charge in [-0.3, -0.25) is 0 Å². The largest absolute Gasteiger partial charge is 0.398 e. The number of nitrogen functional groups attached to an aromatic ring is 1. The van der Waals surface area contributed by atoms with Gasteiger partial charge in [0.05, 0.1) is 0 Å². The Morgan fingerprint density at radius 1 is 1.47 bits per heavy atom. The number of nitrogens with one attached hydrogen (secondary N) is 1. The number of hydrogen-bond acceptors (Lipinski definition) is 3. The topological polar surface area (TPSA) is 38.0 Å². The standard InChI is InChI=1S/C11H17ClN2S/c1-8(2)14-5-6-15-11-4-3-9(12)7-10(11)13/h3-4,7-8,14H,5-6,13H2,1-2H3. The monoisotopic (exact) mass is 244 g/mol. The van der Waals surface area contributed by atoms with Crippen molar-refractivity contribution in [1.82, 2.24) is 5.32 Å². The maximum Gasteiger partial charge on any atom is 0.0467 e. The lowest BCUT2D eigenvalue weighted by Crippen LogP contribution is -2.24. The van der Waals surface area contributed by atoms with Crippen LogP contribution in [0, 0.1) is 0 Å². The van der Waals surface area contributed by atoms with Gasteiger partial charge in [-0.15, -0.1) is 11.8 Å². The van der Waals surface area contributed by atoms with Gasteiger partial charge < -0.3 is 11.1 Å². The fraction of sp³-hybridized carbons (Fsp3) is 0.455. The van der Waals surface area contributed by atoms with Crippen molar-refractivity contribution in [3.63, 3.8) is 0 Å². The summed E-state index contributed by atoms with van der Waals surface area (Å²) in [7, 11) is 0. The van der Waals surface area contributed by atoms with Crippen molar-refractivity contribution in [2.45, 2.75) is 24.8 Å². The molecular weight excluding hydrogens is 228 g/mol. The second kappa shape index (κ2) is 6.26. The molecule has 0 saturated carbocycles. The summed E-state index contributed by atoms with van der Waals surface area (Å²) >= 11 is 7.57. The molecule has 0 aliphatic carbocycles. The van der Waals surface area contributed by atoms with E-state index in [4.69, 9.17) is 17.3 Å². The molecule has 0 bridgehead atoms. The van der Waals surface area contributed by atoms with Gasteiger partial charge in [0.15, 0.2) is 0 Å². The molecule has 0 heterocycles. The van der Waals surface area contributed by atoms with E-state index in [1.165, 1.54) is 0 Å². The number of thioether (sulfide) groups is 1. The first-order valence-electron chi connectivity index (χ1n) is 5.01. The highest BCUT2D eigenvalue weighted by molar-refractivity contribution is 7.99. The second-order valence-corrected chi connectivity index (χ2v) is 5.21. The van der Waals surface area contributed by atoms with E-state index >= 15 is 0 Å². The van der Waals surface area contributed by atoms with Crippen LogP contribution in [-0.4, -0.2) is 18.3 Å². The Balaban J connectivity index is 2.37. The molecule has 0 fully saturated rings. The van der Waals surface area contributed by atoms with Gasteiger partial charge in [0.1, 0.15) is 0 Å². The lowest BCUT2D eigenvalue weighted by molar-refractivity contribution is 0.616. The van der Waals surface area contributed by atoms with Gasteiger partial charge in [-0.2, -0.15) is 0 Å². The van der Waals surface area contributed by atoms with Crippen LogP contribution >= 0.6 is 23.4 Å². The number of hydrogen-bond donors (Lipinski definition) is 2. The van der Waals surface area contributed by atoms with Crippen LogP contribution < -0.4 is 11.1 Å². The Morgan fingerprint density at radius 2 is 2.20 bits per heavy atom. The Labute approximate surface area is 101 Å². The van der Waals surface area contributed by atoms with Gasteiger partial charge in [0, 0.05) is 33.9 Å². The molecule has 3 N–H and O–H groups in total. The highest BCUT2D eigenvalue weighted by Crippen LogP contribution is 2.27. The van der Waals surface area contributed by atoms with Crippen molar-refractivity contribution in [2.75, 3.05) is 18.0 Å². The lowest BCUT2D eigenvalue weighted by atomic mass is 10.3. The molecule has 1 aromatic rings. The first-order valence-corrected chi connectivity index (χ1v) is 6.37. The highest BCUT2D eigenvalue weighted by Gasteiger charge is 2.00. The van der Waals surface area contributed by atoms with Crippen LogP contribution in [0.4, 0.5) is 5.69 Å². The molecule has 0 spiro atoms. The smallest absolute Gasteiger partial charge is 0.0467 e. The van der Waals surface area contributed by atoms with E-state index in [0.29, 0.717) is 11.1 Å². The minimum absolute atomic E-state index is 0.535. The molecule has 2 nitrogen and oxygen atoms in total. The molecule has 1 aromatic carbocycles. The van der Waals surface area contributed by atoms with E-state index in [2.05, 4.69) is 19.2 Å². The van der Waals surface area contributed by atoms with Crippen molar-refractivity contribution >= 4 is 29.1 Å². The molecule has 15 heavy (non-hydrogen) atoms. The van der Waals surface area contributed by atoms with Crippen molar-refractivity contribution in [1.29, 1.82) is 0 Å². The molecule has 4 heteroatoms. The molecule has 0 aliphatic heterocycles. The summed E-state index contributed by atoms with van der Waals surface area (Å²) in [5.41, 5.74) is 6.60. The van der Waals surface area contributed by atoms with Crippen LogP contribution in [0.25, 0.3) is 0 Å². The molecule has 0 aromatic heterocycles. The first kappa shape index (κ1) is 12.7. The van der Waals surface area contributed by atoms with E-state index < -0.39 is 0 Å². The van der Waals surface area contributed by atoms with Gasteiger partial charge in [-0.05, 0) is 18.2 Å². The fourth-order valence-electron chi connectivity index (χ4n) is 1.16. The van der Waals surface area contributed by atoms with Gasteiger partial charge >= 0.3 is 0 Å². The second-order valence-electron chi connectivity index (χ2n) is 3.64. The first-order chi connectivity index (χ1) is 7.09. The average Bonchev–Trinajstić information content (AvgIpc) is 2.14. The zero-order chi connectivity index (χ0) is 11.3. The summed E-state index contributed by atoms with van der Waals surface area (Å²) in [5.74, 6) is 1.02. The quantitative estimate of drug-likeness (QED) is 0.475. The van der Waals surface area contributed by atoms with Gasteiger partial charge in [-0.1, -0.05) is 25.4 Å². The van der Waals surface area contributed by atoms with Crippen molar-refractivity contribution < 1.29 is 0 Å². The molecule has 0 aliphatic rings. The van der Waals surface area contributed by atoms with Crippen molar-refractivity contribution in [3.05, 3.63) is 23.2 Å². The number of rotatable bonds is 5.